The SMILES string of the molecule is CCCS(=O)(=O)Nc1cc(F)c(F)c(NC(=O)c2csc3c(NC4CN(C)C4)ncnc23)c1F. The molecule has 1 amide bonds. The summed E-state index contributed by atoms with van der Waals surface area (Å²) >= 11 is 1.17. The zero-order valence-electron chi connectivity index (χ0n) is 18.2. The molecule has 182 valence electrons. The molecule has 1 aliphatic heterocycles. The van der Waals surface area contributed by atoms with Crippen molar-refractivity contribution < 1.29 is 26.4 Å². The van der Waals surface area contributed by atoms with Gasteiger partial charge in [0.2, 0.25) is 10.0 Å². The number of carbonyl (C=O) groups is 1. The maximum atomic E-state index is 14.9. The van der Waals surface area contributed by atoms with Crippen molar-refractivity contribution >= 4 is 54.7 Å². The number of nitrogens with zero attached hydrogens (tertiary/aromatic N) is 3. The molecule has 1 aromatic carbocycles. The van der Waals surface area contributed by atoms with Crippen LogP contribution in [0.3, 0.4) is 0 Å². The molecule has 9 nitrogen and oxygen atoms in total. The molecule has 34 heavy (non-hydrogen) atoms. The number of sulfonamides is 1. The number of anilines is 3. The van der Waals surface area contributed by atoms with E-state index in [0.29, 0.717) is 16.6 Å². The van der Waals surface area contributed by atoms with Gasteiger partial charge in [-0.15, -0.1) is 11.3 Å². The molecule has 0 radical (unpaired) electrons. The van der Waals surface area contributed by atoms with Gasteiger partial charge in [0.1, 0.15) is 17.8 Å². The van der Waals surface area contributed by atoms with Crippen molar-refractivity contribution in [3.63, 3.8) is 0 Å². The number of aromatic nitrogens is 2. The van der Waals surface area contributed by atoms with Gasteiger partial charge >= 0.3 is 0 Å². The summed E-state index contributed by atoms with van der Waals surface area (Å²) in [7, 11) is -2.01. The molecule has 3 aromatic rings. The van der Waals surface area contributed by atoms with Gasteiger partial charge in [0.05, 0.1) is 33.3 Å². The van der Waals surface area contributed by atoms with E-state index in [1.54, 1.807) is 6.92 Å². The number of likely N-dealkylation sites (N-methyl/N-ethyl adjacent to an activating group) is 1. The highest BCUT2D eigenvalue weighted by atomic mass is 32.2. The largest absolute Gasteiger partial charge is 0.363 e. The zero-order valence-corrected chi connectivity index (χ0v) is 19.8. The highest BCUT2D eigenvalue weighted by Gasteiger charge is 2.27. The van der Waals surface area contributed by atoms with Crippen LogP contribution in [0.5, 0.6) is 0 Å². The Labute approximate surface area is 197 Å². The lowest BCUT2D eigenvalue weighted by Gasteiger charge is -2.36. The first-order chi connectivity index (χ1) is 16.1. The van der Waals surface area contributed by atoms with Crippen molar-refractivity contribution in [3.05, 3.63) is 40.8 Å². The molecule has 0 unspecified atom stereocenters. The van der Waals surface area contributed by atoms with Gasteiger partial charge in [0.15, 0.2) is 17.5 Å². The molecule has 14 heteroatoms. The molecular weight excluding hydrogens is 493 g/mol. The molecule has 0 saturated carbocycles. The Bertz CT molecular complexity index is 1360. The first-order valence-electron chi connectivity index (χ1n) is 10.3. The van der Waals surface area contributed by atoms with Crippen molar-refractivity contribution in [1.82, 2.24) is 14.9 Å². The van der Waals surface area contributed by atoms with Crippen molar-refractivity contribution in [2.24, 2.45) is 0 Å². The average Bonchev–Trinajstić information content (AvgIpc) is 3.19. The fourth-order valence-electron chi connectivity index (χ4n) is 3.55. The van der Waals surface area contributed by atoms with E-state index in [1.807, 2.05) is 17.1 Å². The summed E-state index contributed by atoms with van der Waals surface area (Å²) in [5, 5.41) is 6.74. The molecular formula is C20H21F3N6O3S2. The number of halogens is 3. The first-order valence-corrected chi connectivity index (χ1v) is 12.8. The molecule has 1 saturated heterocycles. The maximum Gasteiger partial charge on any atom is 0.258 e. The number of thiophene rings is 1. The highest BCUT2D eigenvalue weighted by molar-refractivity contribution is 7.92. The standard InChI is InChI=1S/C20H21F3N6O3S2/c1-3-4-34(31,32)28-13-5-12(21)14(22)17(15(13)23)27-20(30)11-8-33-18-16(11)24-9-25-19(18)26-10-6-29(2)7-10/h5,8-10,28H,3-4,6-7H2,1-2H3,(H,27,30)(H,24,25,26). The predicted octanol–water partition coefficient (Wildman–Crippen LogP) is 3.24. The molecule has 1 fully saturated rings. The fraction of sp³-hybridized carbons (Fsp3) is 0.350. The van der Waals surface area contributed by atoms with Crippen LogP contribution in [-0.2, 0) is 10.0 Å². The Kier molecular flexibility index (Phi) is 6.64. The van der Waals surface area contributed by atoms with Crippen LogP contribution in [0.4, 0.5) is 30.4 Å². The number of amides is 1. The summed E-state index contributed by atoms with van der Waals surface area (Å²) < 4.78 is 69.8. The Hall–Kier alpha value is -2.97. The molecule has 0 atom stereocenters. The van der Waals surface area contributed by atoms with Gasteiger partial charge < -0.3 is 15.5 Å². The van der Waals surface area contributed by atoms with Gasteiger partial charge in [-0.2, -0.15) is 0 Å². The number of benzene rings is 1. The van der Waals surface area contributed by atoms with E-state index in [2.05, 4.69) is 20.2 Å². The van der Waals surface area contributed by atoms with Crippen LogP contribution in [0, 0.1) is 17.5 Å². The zero-order chi connectivity index (χ0) is 24.6. The Morgan fingerprint density at radius 1 is 1.24 bits per heavy atom. The lowest BCUT2D eigenvalue weighted by molar-refractivity contribution is 0.102. The van der Waals surface area contributed by atoms with Crippen molar-refractivity contribution in [2.45, 2.75) is 19.4 Å². The number of fused-ring (bicyclic) bond motifs is 1. The lowest BCUT2D eigenvalue weighted by Crippen LogP contribution is -2.52. The Morgan fingerprint density at radius 3 is 2.65 bits per heavy atom. The highest BCUT2D eigenvalue weighted by Crippen LogP contribution is 2.33. The summed E-state index contributed by atoms with van der Waals surface area (Å²) in [5.74, 6) is -5.39. The normalized spacial score (nSPS) is 14.7. The van der Waals surface area contributed by atoms with Crippen LogP contribution in [0.2, 0.25) is 0 Å². The minimum atomic E-state index is -3.99. The van der Waals surface area contributed by atoms with Gasteiger partial charge in [-0.1, -0.05) is 6.92 Å². The van der Waals surface area contributed by atoms with Gasteiger partial charge in [-0.05, 0) is 13.5 Å². The summed E-state index contributed by atoms with van der Waals surface area (Å²) in [4.78, 5) is 23.3. The van der Waals surface area contributed by atoms with E-state index in [0.717, 1.165) is 13.1 Å². The van der Waals surface area contributed by atoms with E-state index in [4.69, 9.17) is 0 Å². The third kappa shape index (κ3) is 4.79. The summed E-state index contributed by atoms with van der Waals surface area (Å²) in [6.45, 7) is 3.24. The third-order valence-corrected chi connectivity index (χ3v) is 7.59. The number of rotatable bonds is 8. The summed E-state index contributed by atoms with van der Waals surface area (Å²) in [5.41, 5.74) is -1.65. The van der Waals surface area contributed by atoms with E-state index in [9.17, 15) is 26.4 Å². The number of likely N-dealkylation sites (tertiary alicyclic amines) is 1. The van der Waals surface area contributed by atoms with E-state index >= 15 is 0 Å². The molecule has 4 rings (SSSR count). The number of hydrogen-bond acceptors (Lipinski definition) is 8. The van der Waals surface area contributed by atoms with Crippen LogP contribution < -0.4 is 15.4 Å². The second-order valence-electron chi connectivity index (χ2n) is 7.90. The topological polar surface area (TPSA) is 116 Å². The minimum Gasteiger partial charge on any atom is -0.363 e. The van der Waals surface area contributed by atoms with E-state index in [1.165, 1.54) is 23.0 Å². The van der Waals surface area contributed by atoms with Gasteiger partial charge in [-0.25, -0.2) is 31.6 Å². The molecule has 3 heterocycles. The predicted molar refractivity (Wildman–Crippen MR) is 124 cm³/mol. The van der Waals surface area contributed by atoms with Crippen molar-refractivity contribution in [3.8, 4) is 0 Å². The number of hydrogen-bond donors (Lipinski definition) is 3. The molecule has 0 bridgehead atoms. The summed E-state index contributed by atoms with van der Waals surface area (Å²) in [6.07, 6.45) is 1.49. The summed E-state index contributed by atoms with van der Waals surface area (Å²) in [6, 6.07) is 0.573. The minimum absolute atomic E-state index is 0.00681. The average molecular weight is 515 g/mol. The number of nitrogens with one attached hydrogen (secondary N) is 3. The second kappa shape index (κ2) is 9.35. The van der Waals surface area contributed by atoms with Crippen LogP contribution in [0.15, 0.2) is 17.8 Å². The van der Waals surface area contributed by atoms with Gasteiger partial charge in [-0.3, -0.25) is 9.52 Å². The van der Waals surface area contributed by atoms with Crippen LogP contribution >= 0.6 is 11.3 Å². The second-order valence-corrected chi connectivity index (χ2v) is 10.6. The Balaban J connectivity index is 1.63. The fourth-order valence-corrected chi connectivity index (χ4v) is 5.63. The van der Waals surface area contributed by atoms with Crippen LogP contribution in [-0.4, -0.2) is 61.1 Å². The third-order valence-electron chi connectivity index (χ3n) is 5.14. The van der Waals surface area contributed by atoms with E-state index in [-0.39, 0.29) is 29.3 Å². The van der Waals surface area contributed by atoms with Crippen molar-refractivity contribution in [2.75, 3.05) is 41.2 Å². The quantitative estimate of drug-likeness (QED) is 0.395. The molecule has 1 aliphatic rings. The van der Waals surface area contributed by atoms with E-state index < -0.39 is 44.8 Å². The molecule has 0 spiro atoms. The van der Waals surface area contributed by atoms with Gasteiger partial charge in [0, 0.05) is 24.5 Å². The smallest absolute Gasteiger partial charge is 0.258 e. The first kappa shape index (κ1) is 24.2. The number of carbonyl (C=O) groups excluding carboxylic acids is 1. The van der Waals surface area contributed by atoms with Gasteiger partial charge in [0.25, 0.3) is 5.91 Å². The molecule has 3 N–H and O–H groups in total. The van der Waals surface area contributed by atoms with Crippen molar-refractivity contribution in [1.29, 1.82) is 0 Å². The molecule has 2 aromatic heterocycles. The maximum absolute atomic E-state index is 14.9. The van der Waals surface area contributed by atoms with Crippen LogP contribution in [0.1, 0.15) is 23.7 Å². The Morgan fingerprint density at radius 2 is 1.97 bits per heavy atom. The lowest BCUT2D eigenvalue weighted by atomic mass is 10.1. The van der Waals surface area contributed by atoms with Crippen LogP contribution in [0.25, 0.3) is 10.2 Å². The molecule has 0 aliphatic carbocycles. The monoisotopic (exact) mass is 514 g/mol.